The van der Waals surface area contributed by atoms with E-state index in [1.807, 2.05) is 0 Å². The van der Waals surface area contributed by atoms with Crippen LogP contribution in [0.1, 0.15) is 0 Å². The third-order valence-electron chi connectivity index (χ3n) is 0. The zero-order valence-electron chi connectivity index (χ0n) is 3.88. The summed E-state index contributed by atoms with van der Waals surface area (Å²) in [5, 5.41) is 0. The minimum atomic E-state index is 0. The molecule has 0 aromatic carbocycles. The maximum Gasteiger partial charge on any atom is 4.00 e. The average molecular weight is 242 g/mol. The standard InChI is InChI=1S/7FH.H3N.Zr/h7*1H;1H3;/q;;;;;;;;+4/p-6. The summed E-state index contributed by atoms with van der Waals surface area (Å²) in [6.45, 7) is 0. The third-order valence-corrected chi connectivity index (χ3v) is 0. The normalized spacial score (nSPS) is 0. The van der Waals surface area contributed by atoms with Gasteiger partial charge in [0.2, 0.25) is 0 Å². The molecule has 0 spiro atoms. The van der Waals surface area contributed by atoms with Crippen LogP contribution >= 0.6 is 0 Å². The molecule has 0 saturated heterocycles. The Bertz CT molecular complexity index is 8.88. The van der Waals surface area contributed by atoms with E-state index in [1.54, 1.807) is 0 Å². The summed E-state index contributed by atoms with van der Waals surface area (Å²) >= 11 is 0. The Hall–Kier alpha value is 0.353. The molecule has 3 N–H and O–H groups in total. The fraction of sp³-hybridized carbons (Fsp3) is 0. The van der Waals surface area contributed by atoms with Gasteiger partial charge in [-0.3, -0.25) is 4.70 Å². The van der Waals surface area contributed by atoms with Gasteiger partial charge in [0.15, 0.2) is 0 Å². The molecule has 0 aliphatic heterocycles. The number of hydrogen-bond donors (Lipinski definition) is 1. The van der Waals surface area contributed by atoms with Gasteiger partial charge < -0.3 is 34.4 Å². The molecule has 0 aromatic rings. The summed E-state index contributed by atoms with van der Waals surface area (Å²) in [6, 6.07) is 0. The fourth-order valence-corrected chi connectivity index (χ4v) is 0. The van der Waals surface area contributed by atoms with Crippen LogP contribution in [-0.2, 0) is 26.2 Å². The van der Waals surface area contributed by atoms with Gasteiger partial charge in [0.25, 0.3) is 0 Å². The summed E-state index contributed by atoms with van der Waals surface area (Å²) in [5.41, 5.74) is 0. The van der Waals surface area contributed by atoms with E-state index in [-0.39, 0.29) is 65.3 Å². The smallest absolute Gasteiger partial charge is 1.00 e. The van der Waals surface area contributed by atoms with Crippen molar-refractivity contribution in [2.75, 3.05) is 0 Å². The maximum absolute atomic E-state index is 0. The first kappa shape index (κ1) is 5230. The molecule has 0 amide bonds. The average Bonchev–Trinajstić information content (AvgIpc) is 0. The van der Waals surface area contributed by atoms with E-state index in [9.17, 15) is 0 Å². The van der Waals surface area contributed by atoms with Crippen LogP contribution in [-0.4, -0.2) is 0 Å². The zero-order valence-corrected chi connectivity index (χ0v) is 6.34. The molecule has 0 radical (unpaired) electrons. The van der Waals surface area contributed by atoms with Gasteiger partial charge in [-0.2, -0.15) is 0 Å². The van der Waals surface area contributed by atoms with Gasteiger partial charge in [-0.15, -0.1) is 0 Å². The van der Waals surface area contributed by atoms with E-state index >= 15 is 0 Å². The van der Waals surface area contributed by atoms with Crippen LogP contribution in [0.3, 0.4) is 0 Å². The van der Waals surface area contributed by atoms with Gasteiger partial charge in [0.1, 0.15) is 0 Å². The molecule has 0 bridgehead atoms. The van der Waals surface area contributed by atoms with Crippen molar-refractivity contribution in [2.45, 2.75) is 0 Å². The number of hydrogen-bond acceptors (Lipinski definition) is 1. The van der Waals surface area contributed by atoms with Crippen molar-refractivity contribution in [1.82, 2.24) is 6.15 Å². The Kier molecular flexibility index (Phi) is 2110000. The molecule has 0 aliphatic carbocycles. The second-order valence-electron chi connectivity index (χ2n) is 0. The fourth-order valence-electron chi connectivity index (χ4n) is 0. The Balaban J connectivity index is 0. The molecular formula is H4F7NZr-2. The molecule has 9 heavy (non-hydrogen) atoms. The van der Waals surface area contributed by atoms with Gasteiger partial charge in [-0.05, 0) is 0 Å². The molecule has 0 unspecified atom stereocenters. The topological polar surface area (TPSA) is 35.0 Å². The largest absolute Gasteiger partial charge is 4.00 e. The van der Waals surface area contributed by atoms with Crippen LogP contribution < -0.4 is 34.4 Å². The second kappa shape index (κ2) is 3620. The Morgan fingerprint density at radius 3 is 0.444 bits per heavy atom. The summed E-state index contributed by atoms with van der Waals surface area (Å²) in [4.78, 5) is 0. The predicted octanol–water partition coefficient (Wildman–Crippen LogP) is -17.7. The summed E-state index contributed by atoms with van der Waals surface area (Å²) in [7, 11) is 0. The van der Waals surface area contributed by atoms with Crippen LogP contribution in [0, 0.1) is 0 Å². The van der Waals surface area contributed by atoms with E-state index in [2.05, 4.69) is 0 Å². The van der Waals surface area contributed by atoms with Crippen molar-refractivity contribution in [3.05, 3.63) is 0 Å². The molecule has 0 aliphatic rings. The van der Waals surface area contributed by atoms with Gasteiger partial charge in [0.05, 0.1) is 0 Å². The Morgan fingerprint density at radius 2 is 0.444 bits per heavy atom. The van der Waals surface area contributed by atoms with Crippen LogP contribution in [0.15, 0.2) is 0 Å². The Morgan fingerprint density at radius 1 is 0.444 bits per heavy atom. The van der Waals surface area contributed by atoms with E-state index < -0.39 is 0 Å². The van der Waals surface area contributed by atoms with E-state index in [0.717, 1.165) is 0 Å². The van der Waals surface area contributed by atoms with Crippen molar-refractivity contribution in [1.29, 1.82) is 0 Å². The van der Waals surface area contributed by atoms with Crippen LogP contribution in [0.4, 0.5) is 4.70 Å². The quantitative estimate of drug-likeness (QED) is 0.421. The Labute approximate surface area is 65.9 Å². The molecule has 0 atom stereocenters. The van der Waals surface area contributed by atoms with E-state index in [1.165, 1.54) is 0 Å². The van der Waals surface area contributed by atoms with Gasteiger partial charge in [0, 0.05) is 0 Å². The summed E-state index contributed by atoms with van der Waals surface area (Å²) in [6.07, 6.45) is 0. The van der Waals surface area contributed by atoms with E-state index in [4.69, 9.17) is 0 Å². The van der Waals surface area contributed by atoms with Crippen LogP contribution in [0.2, 0.25) is 0 Å². The van der Waals surface area contributed by atoms with Crippen molar-refractivity contribution in [3.63, 3.8) is 0 Å². The molecule has 0 rings (SSSR count). The first-order valence-electron chi connectivity index (χ1n) is 0. The SMILES string of the molecule is F.N.[F-].[F-].[F-].[F-].[F-].[F-].[Zr+4]. The van der Waals surface area contributed by atoms with Gasteiger partial charge in [-0.1, -0.05) is 0 Å². The maximum atomic E-state index is 0. The van der Waals surface area contributed by atoms with Crippen LogP contribution in [0.5, 0.6) is 0 Å². The van der Waals surface area contributed by atoms with Crippen molar-refractivity contribution >= 4 is 0 Å². The molecule has 0 heterocycles. The molecule has 1 nitrogen and oxygen atoms in total. The number of rotatable bonds is 0. The van der Waals surface area contributed by atoms with E-state index in [0.29, 0.717) is 0 Å². The number of halogens is 7. The minimum Gasteiger partial charge on any atom is -1.00 e. The third kappa shape index (κ3) is 2700. The summed E-state index contributed by atoms with van der Waals surface area (Å²) in [5.74, 6) is 0. The predicted molar refractivity (Wildman–Crippen MR) is 7.53 cm³/mol. The monoisotopic (exact) mass is 241 g/mol. The van der Waals surface area contributed by atoms with Gasteiger partial charge >= 0.3 is 26.2 Å². The second-order valence-corrected chi connectivity index (χ2v) is 0. The van der Waals surface area contributed by atoms with Crippen molar-refractivity contribution in [2.24, 2.45) is 0 Å². The minimum absolute atomic E-state index is 0. The first-order chi connectivity index (χ1) is 0. The molecule has 64 valence electrons. The van der Waals surface area contributed by atoms with Crippen molar-refractivity contribution < 1.29 is 59.1 Å². The zero-order chi connectivity index (χ0) is 0. The molecule has 9 heteroatoms. The molecule has 0 aromatic heterocycles. The summed E-state index contributed by atoms with van der Waals surface area (Å²) < 4.78 is 0. The molecule has 0 saturated carbocycles. The molecule has 0 fully saturated rings. The van der Waals surface area contributed by atoms with Crippen molar-refractivity contribution in [3.8, 4) is 0 Å². The first-order valence-corrected chi connectivity index (χ1v) is 0. The molecular weight excluding hydrogens is 238 g/mol. The van der Waals surface area contributed by atoms with Crippen LogP contribution in [0.25, 0.3) is 0 Å². The van der Waals surface area contributed by atoms with Gasteiger partial charge in [-0.25, -0.2) is 0 Å².